The number of carbonyl (C=O) groups is 1. The predicted octanol–water partition coefficient (Wildman–Crippen LogP) is 4.32. The monoisotopic (exact) mass is 351 g/mol. The number of aryl methyl sites for hydroxylation is 1. The molecule has 1 amide bonds. The lowest BCUT2D eigenvalue weighted by Crippen LogP contribution is -2.25. The highest BCUT2D eigenvalue weighted by molar-refractivity contribution is 6.05. The summed E-state index contributed by atoms with van der Waals surface area (Å²) in [6, 6.07) is 7.47. The molecule has 0 radical (unpaired) electrons. The molecule has 1 fully saturated rings. The lowest BCUT2D eigenvalue weighted by Gasteiger charge is -2.25. The zero-order valence-corrected chi connectivity index (χ0v) is 15.4. The van der Waals surface area contributed by atoms with E-state index >= 15 is 0 Å². The average Bonchev–Trinajstić information content (AvgIpc) is 2.87. The van der Waals surface area contributed by atoms with Crippen LogP contribution in [0.15, 0.2) is 24.3 Å². The van der Waals surface area contributed by atoms with Crippen molar-refractivity contribution < 1.29 is 15.0 Å². The van der Waals surface area contributed by atoms with Crippen molar-refractivity contribution in [1.29, 1.82) is 0 Å². The fourth-order valence-corrected chi connectivity index (χ4v) is 4.33. The number of carbonyl (C=O) groups excluding carboxylic acids is 1. The van der Waals surface area contributed by atoms with Gasteiger partial charge in [0.1, 0.15) is 11.5 Å². The van der Waals surface area contributed by atoms with Gasteiger partial charge in [-0.1, -0.05) is 25.3 Å². The van der Waals surface area contributed by atoms with Crippen LogP contribution in [0, 0.1) is 12.8 Å². The van der Waals surface area contributed by atoms with Gasteiger partial charge in [0.25, 0.3) is 0 Å². The predicted molar refractivity (Wildman–Crippen MR) is 103 cm³/mol. The maximum Gasteiger partial charge on any atom is 0.231 e. The van der Waals surface area contributed by atoms with Crippen LogP contribution >= 0.6 is 0 Å². The lowest BCUT2D eigenvalue weighted by atomic mass is 9.80. The fraction of sp³-hybridized carbons (Fsp3) is 0.409. The minimum absolute atomic E-state index is 0.0648. The Morgan fingerprint density at radius 2 is 1.81 bits per heavy atom. The van der Waals surface area contributed by atoms with Crippen LogP contribution in [0.3, 0.4) is 0 Å². The SMILES string of the molecule is CCN1C(=O)Cc2c1ccc(C)c2-c1c(O)cc(CC2CCC2)cc1O. The maximum atomic E-state index is 12.3. The standard InChI is InChI=1S/C22H25NO3/c1-3-23-17-8-7-13(2)21(16(17)12-20(23)26)22-18(24)10-15(11-19(22)25)9-14-5-4-6-14/h7-8,10-11,14,24-25H,3-6,9,12H2,1-2H3. The van der Waals surface area contributed by atoms with E-state index in [1.807, 2.05) is 26.0 Å². The number of amides is 1. The highest BCUT2D eigenvalue weighted by Gasteiger charge is 2.31. The fourth-order valence-electron chi connectivity index (χ4n) is 4.33. The summed E-state index contributed by atoms with van der Waals surface area (Å²) in [7, 11) is 0. The van der Waals surface area contributed by atoms with E-state index in [-0.39, 0.29) is 17.4 Å². The molecular weight excluding hydrogens is 326 g/mol. The molecule has 2 aromatic rings. The highest BCUT2D eigenvalue weighted by Crippen LogP contribution is 2.46. The van der Waals surface area contributed by atoms with E-state index < -0.39 is 0 Å². The largest absolute Gasteiger partial charge is 0.507 e. The Morgan fingerprint density at radius 1 is 1.12 bits per heavy atom. The Hall–Kier alpha value is -2.49. The molecule has 1 aliphatic carbocycles. The molecule has 0 atom stereocenters. The summed E-state index contributed by atoms with van der Waals surface area (Å²) in [5, 5.41) is 21.4. The Kier molecular flexibility index (Phi) is 4.14. The summed E-state index contributed by atoms with van der Waals surface area (Å²) in [6.07, 6.45) is 4.93. The van der Waals surface area contributed by atoms with Gasteiger partial charge in [0.15, 0.2) is 0 Å². The van der Waals surface area contributed by atoms with Crippen molar-refractivity contribution in [1.82, 2.24) is 0 Å². The number of aromatic hydroxyl groups is 2. The van der Waals surface area contributed by atoms with E-state index in [9.17, 15) is 15.0 Å². The normalized spacial score (nSPS) is 16.7. The van der Waals surface area contributed by atoms with Crippen LogP contribution in [0.5, 0.6) is 11.5 Å². The molecule has 0 unspecified atom stereocenters. The van der Waals surface area contributed by atoms with Crippen molar-refractivity contribution >= 4 is 11.6 Å². The van der Waals surface area contributed by atoms with Gasteiger partial charge in [-0.25, -0.2) is 0 Å². The van der Waals surface area contributed by atoms with Crippen LogP contribution in [0.4, 0.5) is 5.69 Å². The zero-order valence-electron chi connectivity index (χ0n) is 15.4. The molecule has 0 spiro atoms. The topological polar surface area (TPSA) is 60.8 Å². The van der Waals surface area contributed by atoms with Gasteiger partial charge < -0.3 is 15.1 Å². The molecule has 26 heavy (non-hydrogen) atoms. The number of nitrogens with zero attached hydrogens (tertiary/aromatic N) is 1. The minimum atomic E-state index is 0.0648. The van der Waals surface area contributed by atoms with Crippen LogP contribution in [-0.2, 0) is 17.6 Å². The third kappa shape index (κ3) is 2.64. The molecule has 2 aliphatic rings. The Bertz CT molecular complexity index is 860. The first-order chi connectivity index (χ1) is 12.5. The number of hydrogen-bond acceptors (Lipinski definition) is 3. The number of fused-ring (bicyclic) bond motifs is 1. The first kappa shape index (κ1) is 17.0. The summed E-state index contributed by atoms with van der Waals surface area (Å²) >= 11 is 0. The Morgan fingerprint density at radius 3 is 2.38 bits per heavy atom. The van der Waals surface area contributed by atoms with Crippen molar-refractivity contribution in [3.05, 3.63) is 41.0 Å². The Labute approximate surface area is 154 Å². The summed E-state index contributed by atoms with van der Waals surface area (Å²) in [6.45, 7) is 4.53. The lowest BCUT2D eigenvalue weighted by molar-refractivity contribution is -0.117. The number of rotatable bonds is 4. The van der Waals surface area contributed by atoms with Crippen LogP contribution in [0.25, 0.3) is 11.1 Å². The summed E-state index contributed by atoms with van der Waals surface area (Å²) in [5.41, 5.74) is 4.95. The van der Waals surface area contributed by atoms with E-state index in [1.165, 1.54) is 19.3 Å². The number of benzene rings is 2. The van der Waals surface area contributed by atoms with E-state index in [2.05, 4.69) is 0 Å². The molecular formula is C22H25NO3. The van der Waals surface area contributed by atoms with Gasteiger partial charge in [-0.05, 0) is 66.6 Å². The summed E-state index contributed by atoms with van der Waals surface area (Å²) < 4.78 is 0. The first-order valence-electron chi connectivity index (χ1n) is 9.47. The molecule has 2 N–H and O–H groups in total. The maximum absolute atomic E-state index is 12.3. The quantitative estimate of drug-likeness (QED) is 0.862. The van der Waals surface area contributed by atoms with Crippen LogP contribution in [0.2, 0.25) is 0 Å². The molecule has 4 heteroatoms. The van der Waals surface area contributed by atoms with Crippen molar-refractivity contribution in [2.75, 3.05) is 11.4 Å². The van der Waals surface area contributed by atoms with Gasteiger partial charge in [0, 0.05) is 12.2 Å². The van der Waals surface area contributed by atoms with E-state index in [0.29, 0.717) is 24.4 Å². The van der Waals surface area contributed by atoms with Crippen molar-refractivity contribution in [3.8, 4) is 22.6 Å². The number of hydrogen-bond donors (Lipinski definition) is 2. The number of anilines is 1. The van der Waals surface area contributed by atoms with Gasteiger partial charge in [-0.2, -0.15) is 0 Å². The molecule has 1 heterocycles. The highest BCUT2D eigenvalue weighted by atomic mass is 16.3. The van der Waals surface area contributed by atoms with Gasteiger partial charge in [-0.15, -0.1) is 0 Å². The first-order valence-corrected chi connectivity index (χ1v) is 9.47. The van der Waals surface area contributed by atoms with Crippen LogP contribution in [0.1, 0.15) is 42.9 Å². The molecule has 136 valence electrons. The van der Waals surface area contributed by atoms with Crippen LogP contribution in [-0.4, -0.2) is 22.7 Å². The number of phenolic OH excluding ortho intramolecular Hbond substituents is 2. The van der Waals surface area contributed by atoms with Crippen LogP contribution < -0.4 is 4.90 Å². The second kappa shape index (κ2) is 6.35. The molecule has 0 aromatic heterocycles. The van der Waals surface area contributed by atoms with Gasteiger partial charge >= 0.3 is 0 Å². The van der Waals surface area contributed by atoms with Crippen molar-refractivity contribution in [2.24, 2.45) is 5.92 Å². The molecule has 4 rings (SSSR count). The smallest absolute Gasteiger partial charge is 0.231 e. The van der Waals surface area contributed by atoms with Gasteiger partial charge in [0.05, 0.1) is 12.0 Å². The second-order valence-corrected chi connectivity index (χ2v) is 7.58. The van der Waals surface area contributed by atoms with Gasteiger partial charge in [0.2, 0.25) is 5.91 Å². The van der Waals surface area contributed by atoms with Crippen molar-refractivity contribution in [2.45, 2.75) is 46.0 Å². The second-order valence-electron chi connectivity index (χ2n) is 7.58. The third-order valence-electron chi connectivity index (χ3n) is 5.89. The molecule has 1 aliphatic heterocycles. The van der Waals surface area contributed by atoms with E-state index in [1.54, 1.807) is 17.0 Å². The minimum Gasteiger partial charge on any atom is -0.507 e. The number of likely N-dealkylation sites (N-methyl/N-ethyl adjacent to an activating group) is 1. The zero-order chi connectivity index (χ0) is 18.4. The molecule has 2 aromatic carbocycles. The Balaban J connectivity index is 1.81. The molecule has 0 bridgehead atoms. The number of phenols is 2. The van der Waals surface area contributed by atoms with Gasteiger partial charge in [-0.3, -0.25) is 4.79 Å². The van der Waals surface area contributed by atoms with E-state index in [0.717, 1.165) is 34.4 Å². The average molecular weight is 351 g/mol. The van der Waals surface area contributed by atoms with Crippen molar-refractivity contribution in [3.63, 3.8) is 0 Å². The molecule has 1 saturated carbocycles. The summed E-state index contributed by atoms with van der Waals surface area (Å²) in [5.74, 6) is 0.921. The summed E-state index contributed by atoms with van der Waals surface area (Å²) in [4.78, 5) is 14.1. The van der Waals surface area contributed by atoms with E-state index in [4.69, 9.17) is 0 Å². The molecule has 4 nitrogen and oxygen atoms in total. The molecule has 0 saturated heterocycles. The third-order valence-corrected chi connectivity index (χ3v) is 5.89.